The second-order valence-electron chi connectivity index (χ2n) is 14.4. The van der Waals surface area contributed by atoms with Crippen molar-refractivity contribution in [1.82, 2.24) is 5.32 Å². The topological polar surface area (TPSA) is 149 Å². The number of rotatable bonds is 33. The number of hydrogen-bond acceptors (Lipinski definition) is 8. The van der Waals surface area contributed by atoms with E-state index < -0.39 is 49.5 Å². The highest BCUT2D eigenvalue weighted by Gasteiger charge is 2.44. The molecule has 6 N–H and O–H groups in total. The molecule has 1 amide bonds. The minimum atomic E-state index is -1.58. The Morgan fingerprint density at radius 3 is 1.63 bits per heavy atom. The molecule has 310 valence electrons. The minimum Gasteiger partial charge on any atom is -0.394 e. The van der Waals surface area contributed by atoms with Crippen LogP contribution < -0.4 is 5.32 Å². The first kappa shape index (κ1) is 49.6. The van der Waals surface area contributed by atoms with Crippen molar-refractivity contribution < 1.29 is 39.8 Å². The van der Waals surface area contributed by atoms with Gasteiger partial charge in [-0.05, 0) is 44.9 Å². The summed E-state index contributed by atoms with van der Waals surface area (Å²) in [4.78, 5) is 12.8. The molecule has 0 bridgehead atoms. The summed E-state index contributed by atoms with van der Waals surface area (Å²) < 4.78 is 11.1. The number of carbonyl (C=O) groups excluding carboxylic acids is 1. The van der Waals surface area contributed by atoms with Crippen LogP contribution in [0.15, 0.2) is 72.9 Å². The Bertz CT molecular complexity index is 1070. The standard InChI is InChI=1S/C45H77NO8/c1-3-5-7-9-11-13-15-17-19-21-22-24-26-28-30-32-34-39(48)38(37-53-45-44(52)43(51)42(50)40(36-47)54-45)46-41(49)35-33-31-29-27-25-23-20-18-16-14-12-10-8-6-4-2/h6,8,12,14,18,20,25,27,31-34,38-40,42-45,47-48,50-52H,3-5,7,9-11,13,15-17,19,21-24,26,28-30,35-37H2,1-2H3,(H,46,49)/b8-6-,14-12-,20-18-,27-25-,33-31-,34-32+. The number of carbonyl (C=O) groups is 1. The summed E-state index contributed by atoms with van der Waals surface area (Å²) in [5.41, 5.74) is 0. The van der Waals surface area contributed by atoms with E-state index in [1.54, 1.807) is 12.2 Å². The van der Waals surface area contributed by atoms with Crippen molar-refractivity contribution in [2.45, 2.75) is 192 Å². The molecule has 0 aromatic rings. The van der Waals surface area contributed by atoms with Crippen LogP contribution in [0.1, 0.15) is 149 Å². The molecule has 0 radical (unpaired) electrons. The van der Waals surface area contributed by atoms with E-state index >= 15 is 0 Å². The van der Waals surface area contributed by atoms with Gasteiger partial charge in [0.05, 0.1) is 25.4 Å². The van der Waals surface area contributed by atoms with Gasteiger partial charge in [-0.25, -0.2) is 0 Å². The molecule has 54 heavy (non-hydrogen) atoms. The third-order valence-corrected chi connectivity index (χ3v) is 9.57. The molecule has 0 aromatic heterocycles. The number of aliphatic hydroxyl groups is 5. The van der Waals surface area contributed by atoms with Crippen molar-refractivity contribution in [3.8, 4) is 0 Å². The highest BCUT2D eigenvalue weighted by atomic mass is 16.7. The molecule has 7 unspecified atom stereocenters. The lowest BCUT2D eigenvalue weighted by molar-refractivity contribution is -0.302. The van der Waals surface area contributed by atoms with Gasteiger partial charge in [-0.2, -0.15) is 0 Å². The number of aliphatic hydroxyl groups excluding tert-OH is 5. The largest absolute Gasteiger partial charge is 0.394 e. The lowest BCUT2D eigenvalue weighted by atomic mass is 9.99. The van der Waals surface area contributed by atoms with Crippen LogP contribution in [-0.4, -0.2) is 87.5 Å². The summed E-state index contributed by atoms with van der Waals surface area (Å²) >= 11 is 0. The lowest BCUT2D eigenvalue weighted by Gasteiger charge is -2.40. The van der Waals surface area contributed by atoms with Gasteiger partial charge in [0.25, 0.3) is 0 Å². The predicted octanol–water partition coefficient (Wildman–Crippen LogP) is 8.22. The van der Waals surface area contributed by atoms with Gasteiger partial charge < -0.3 is 40.3 Å². The van der Waals surface area contributed by atoms with Gasteiger partial charge in [0.2, 0.25) is 5.91 Å². The summed E-state index contributed by atoms with van der Waals surface area (Å²) in [5, 5.41) is 54.0. The third kappa shape index (κ3) is 25.7. The van der Waals surface area contributed by atoms with E-state index in [2.05, 4.69) is 61.7 Å². The molecule has 0 saturated carbocycles. The zero-order chi connectivity index (χ0) is 39.5. The third-order valence-electron chi connectivity index (χ3n) is 9.57. The van der Waals surface area contributed by atoms with Gasteiger partial charge in [-0.15, -0.1) is 0 Å². The highest BCUT2D eigenvalue weighted by Crippen LogP contribution is 2.22. The maximum absolute atomic E-state index is 12.8. The quantitative estimate of drug-likeness (QED) is 0.0290. The van der Waals surface area contributed by atoms with E-state index in [0.29, 0.717) is 6.42 Å². The maximum atomic E-state index is 12.8. The van der Waals surface area contributed by atoms with E-state index in [9.17, 15) is 30.3 Å². The zero-order valence-electron chi connectivity index (χ0n) is 33.7. The predicted molar refractivity (Wildman–Crippen MR) is 221 cm³/mol. The molecule has 9 heteroatoms. The van der Waals surface area contributed by atoms with E-state index in [1.807, 2.05) is 18.2 Å². The van der Waals surface area contributed by atoms with Crippen molar-refractivity contribution in [2.75, 3.05) is 13.2 Å². The molecule has 1 heterocycles. The van der Waals surface area contributed by atoms with Crippen molar-refractivity contribution in [3.05, 3.63) is 72.9 Å². The SMILES string of the molecule is CC/C=C\C/C=C\C/C=C\C/C=C\C/C=C\CC(=O)NC(COC1OC(CO)C(O)C(O)C1O)C(O)/C=C/CCCCCCCCCCCCCCCC. The highest BCUT2D eigenvalue weighted by molar-refractivity contribution is 5.77. The fourth-order valence-electron chi connectivity index (χ4n) is 6.16. The molecule has 1 aliphatic rings. The van der Waals surface area contributed by atoms with Crippen molar-refractivity contribution >= 4 is 5.91 Å². The van der Waals surface area contributed by atoms with Crippen LogP contribution in [0.4, 0.5) is 0 Å². The molecular weight excluding hydrogens is 682 g/mol. The molecule has 1 fully saturated rings. The Kier molecular flexibility index (Phi) is 32.2. The Balaban J connectivity index is 2.49. The van der Waals surface area contributed by atoms with Crippen LogP contribution in [0.25, 0.3) is 0 Å². The van der Waals surface area contributed by atoms with Crippen molar-refractivity contribution in [3.63, 3.8) is 0 Å². The lowest BCUT2D eigenvalue weighted by Crippen LogP contribution is -2.60. The molecule has 9 nitrogen and oxygen atoms in total. The van der Waals surface area contributed by atoms with Crippen LogP contribution >= 0.6 is 0 Å². The molecular formula is C45H77NO8. The Morgan fingerprint density at radius 1 is 0.648 bits per heavy atom. The van der Waals surface area contributed by atoms with E-state index in [4.69, 9.17) is 9.47 Å². The molecule has 0 spiro atoms. The molecule has 7 atom stereocenters. The van der Waals surface area contributed by atoms with Gasteiger partial charge in [0.15, 0.2) is 6.29 Å². The zero-order valence-corrected chi connectivity index (χ0v) is 33.7. The van der Waals surface area contributed by atoms with E-state index in [1.165, 1.54) is 77.0 Å². The Morgan fingerprint density at radius 2 is 1.13 bits per heavy atom. The Labute approximate surface area is 328 Å². The monoisotopic (exact) mass is 760 g/mol. The summed E-state index contributed by atoms with van der Waals surface area (Å²) in [6.45, 7) is 3.57. The fourth-order valence-corrected chi connectivity index (χ4v) is 6.16. The normalized spacial score (nSPS) is 22.2. The molecule has 0 aromatic carbocycles. The summed E-state index contributed by atoms with van der Waals surface area (Å²) in [6.07, 6.45) is 39.7. The summed E-state index contributed by atoms with van der Waals surface area (Å²) in [7, 11) is 0. The van der Waals surface area contributed by atoms with E-state index in [0.717, 1.165) is 44.9 Å². The smallest absolute Gasteiger partial charge is 0.224 e. The van der Waals surface area contributed by atoms with Crippen LogP contribution in [0.3, 0.4) is 0 Å². The summed E-state index contributed by atoms with van der Waals surface area (Å²) in [6, 6.07) is -0.861. The first-order valence-corrected chi connectivity index (χ1v) is 21.2. The second kappa shape index (κ2) is 35.1. The molecule has 0 aliphatic carbocycles. The fraction of sp³-hybridized carbons (Fsp3) is 0.711. The second-order valence-corrected chi connectivity index (χ2v) is 14.4. The average Bonchev–Trinajstić information content (AvgIpc) is 3.17. The molecule has 1 saturated heterocycles. The number of amides is 1. The van der Waals surface area contributed by atoms with Gasteiger partial charge in [-0.3, -0.25) is 4.79 Å². The van der Waals surface area contributed by atoms with Crippen molar-refractivity contribution in [1.29, 1.82) is 0 Å². The van der Waals surface area contributed by atoms with Crippen LogP contribution in [0.2, 0.25) is 0 Å². The molecule has 1 rings (SSSR count). The van der Waals surface area contributed by atoms with Crippen LogP contribution in [-0.2, 0) is 14.3 Å². The Hall–Kier alpha value is -2.37. The summed E-state index contributed by atoms with van der Waals surface area (Å²) in [5.74, 6) is -0.307. The van der Waals surface area contributed by atoms with Gasteiger partial charge in [0.1, 0.15) is 24.4 Å². The minimum absolute atomic E-state index is 0.111. The molecule has 1 aliphatic heterocycles. The average molecular weight is 760 g/mol. The first-order chi connectivity index (χ1) is 26.3. The number of hydrogen-bond donors (Lipinski definition) is 6. The van der Waals surface area contributed by atoms with Crippen LogP contribution in [0.5, 0.6) is 0 Å². The number of allylic oxidation sites excluding steroid dienone is 10. The van der Waals surface area contributed by atoms with Crippen LogP contribution in [0, 0.1) is 0 Å². The van der Waals surface area contributed by atoms with Crippen molar-refractivity contribution in [2.24, 2.45) is 0 Å². The van der Waals surface area contributed by atoms with Gasteiger partial charge in [0, 0.05) is 6.42 Å². The van der Waals surface area contributed by atoms with Gasteiger partial charge >= 0.3 is 0 Å². The number of unbranched alkanes of at least 4 members (excludes halogenated alkanes) is 14. The van der Waals surface area contributed by atoms with E-state index in [-0.39, 0.29) is 18.9 Å². The maximum Gasteiger partial charge on any atom is 0.224 e. The number of nitrogens with one attached hydrogen (secondary N) is 1. The first-order valence-electron chi connectivity index (χ1n) is 21.2. The number of ether oxygens (including phenoxy) is 2. The van der Waals surface area contributed by atoms with Gasteiger partial charge in [-0.1, -0.05) is 170 Å².